The number of carbonyl (C=O) groups is 2. The first-order chi connectivity index (χ1) is 6.69. The van der Waals surface area contributed by atoms with Crippen LogP contribution in [0.2, 0.25) is 0 Å². The predicted octanol–water partition coefficient (Wildman–Crippen LogP) is -2.27. The Hall–Kier alpha value is -1.14. The quantitative estimate of drug-likeness (QED) is 0.413. The highest BCUT2D eigenvalue weighted by Gasteiger charge is 2.32. The van der Waals surface area contributed by atoms with Gasteiger partial charge in [-0.1, -0.05) is 0 Å². The molecule has 0 aromatic heterocycles. The van der Waals surface area contributed by atoms with Crippen molar-refractivity contribution >= 4 is 11.8 Å². The zero-order chi connectivity index (χ0) is 10.6. The lowest BCUT2D eigenvalue weighted by Crippen LogP contribution is -2.61. The van der Waals surface area contributed by atoms with Crippen LogP contribution in [-0.4, -0.2) is 47.3 Å². The topological polar surface area (TPSA) is 98.7 Å². The standard InChI is InChI=1S/C8H14N2O4/c11-3-1-5-7(13)10-6(2-4-12)8(14)9-5/h5-6,11-12H,1-4H2,(H,9,14)(H,10,13)/t5-,6-/m1/s1. The van der Waals surface area contributed by atoms with Gasteiger partial charge >= 0.3 is 0 Å². The van der Waals surface area contributed by atoms with E-state index in [9.17, 15) is 9.59 Å². The number of aliphatic hydroxyl groups excluding tert-OH is 2. The highest BCUT2D eigenvalue weighted by molar-refractivity contribution is 5.96. The van der Waals surface area contributed by atoms with Crippen molar-refractivity contribution in [2.45, 2.75) is 24.9 Å². The van der Waals surface area contributed by atoms with Crippen LogP contribution in [0.3, 0.4) is 0 Å². The van der Waals surface area contributed by atoms with Gasteiger partial charge in [-0.15, -0.1) is 0 Å². The van der Waals surface area contributed by atoms with Gasteiger partial charge in [0.1, 0.15) is 12.1 Å². The number of carbonyl (C=O) groups excluding carboxylic acids is 2. The van der Waals surface area contributed by atoms with Crippen molar-refractivity contribution in [3.8, 4) is 0 Å². The molecule has 1 rings (SSSR count). The number of rotatable bonds is 4. The minimum Gasteiger partial charge on any atom is -0.396 e. The van der Waals surface area contributed by atoms with E-state index in [4.69, 9.17) is 10.2 Å². The molecule has 80 valence electrons. The summed E-state index contributed by atoms with van der Waals surface area (Å²) in [5.41, 5.74) is 0. The van der Waals surface area contributed by atoms with E-state index in [-0.39, 0.29) is 37.9 Å². The maximum atomic E-state index is 11.3. The first kappa shape index (κ1) is 10.9. The second kappa shape index (κ2) is 4.92. The van der Waals surface area contributed by atoms with Gasteiger partial charge in [0.15, 0.2) is 0 Å². The molecular formula is C8H14N2O4. The van der Waals surface area contributed by atoms with E-state index in [0.717, 1.165) is 0 Å². The van der Waals surface area contributed by atoms with Crippen molar-refractivity contribution in [3.63, 3.8) is 0 Å². The molecule has 2 amide bonds. The molecule has 2 atom stereocenters. The third-order valence-corrected chi connectivity index (χ3v) is 2.10. The number of nitrogens with one attached hydrogen (secondary N) is 2. The minimum absolute atomic E-state index is 0.150. The average molecular weight is 202 g/mol. The third-order valence-electron chi connectivity index (χ3n) is 2.10. The average Bonchev–Trinajstić information content (AvgIpc) is 2.14. The Labute approximate surface area is 81.3 Å². The SMILES string of the molecule is O=C1N[C@H](CCO)C(=O)N[C@@H]1CCO. The maximum Gasteiger partial charge on any atom is 0.243 e. The fraction of sp³-hybridized carbons (Fsp3) is 0.750. The normalized spacial score (nSPS) is 27.0. The first-order valence-electron chi connectivity index (χ1n) is 4.51. The van der Waals surface area contributed by atoms with Crippen LogP contribution in [0, 0.1) is 0 Å². The van der Waals surface area contributed by atoms with Crippen LogP contribution in [-0.2, 0) is 9.59 Å². The Morgan fingerprint density at radius 2 is 1.29 bits per heavy atom. The van der Waals surface area contributed by atoms with Crippen LogP contribution in [0.4, 0.5) is 0 Å². The second-order valence-corrected chi connectivity index (χ2v) is 3.15. The summed E-state index contributed by atoms with van der Waals surface area (Å²) in [5.74, 6) is -0.616. The first-order valence-corrected chi connectivity index (χ1v) is 4.51. The molecule has 0 saturated carbocycles. The monoisotopic (exact) mass is 202 g/mol. The van der Waals surface area contributed by atoms with E-state index in [2.05, 4.69) is 10.6 Å². The van der Waals surface area contributed by atoms with E-state index in [1.807, 2.05) is 0 Å². The van der Waals surface area contributed by atoms with E-state index < -0.39 is 12.1 Å². The molecule has 1 aliphatic heterocycles. The van der Waals surface area contributed by atoms with Crippen molar-refractivity contribution in [2.75, 3.05) is 13.2 Å². The zero-order valence-electron chi connectivity index (χ0n) is 7.69. The number of amides is 2. The molecule has 0 radical (unpaired) electrons. The lowest BCUT2D eigenvalue weighted by molar-refractivity contribution is -0.137. The van der Waals surface area contributed by atoms with Gasteiger partial charge in [-0.2, -0.15) is 0 Å². The van der Waals surface area contributed by atoms with Gasteiger partial charge in [-0.25, -0.2) is 0 Å². The molecule has 0 aromatic carbocycles. The van der Waals surface area contributed by atoms with Crippen LogP contribution in [0.15, 0.2) is 0 Å². The number of aliphatic hydroxyl groups is 2. The molecule has 1 fully saturated rings. The van der Waals surface area contributed by atoms with E-state index in [0.29, 0.717) is 0 Å². The molecule has 1 saturated heterocycles. The molecule has 0 aromatic rings. The molecule has 6 nitrogen and oxygen atoms in total. The number of hydrogen-bond donors (Lipinski definition) is 4. The fourth-order valence-electron chi connectivity index (χ4n) is 1.34. The van der Waals surface area contributed by atoms with Gasteiger partial charge in [0.25, 0.3) is 0 Å². The molecule has 0 spiro atoms. The summed E-state index contributed by atoms with van der Waals surface area (Å²) in [5, 5.41) is 22.2. The lowest BCUT2D eigenvalue weighted by atomic mass is 10.1. The van der Waals surface area contributed by atoms with Crippen molar-refractivity contribution in [1.29, 1.82) is 0 Å². The van der Waals surface area contributed by atoms with Crippen LogP contribution in [0.5, 0.6) is 0 Å². The van der Waals surface area contributed by atoms with Gasteiger partial charge < -0.3 is 20.8 Å². The maximum absolute atomic E-state index is 11.3. The molecule has 0 bridgehead atoms. The Morgan fingerprint density at radius 3 is 1.57 bits per heavy atom. The van der Waals surface area contributed by atoms with E-state index >= 15 is 0 Å². The summed E-state index contributed by atoms with van der Waals surface area (Å²) in [6, 6.07) is -1.30. The Bertz CT molecular complexity index is 207. The van der Waals surface area contributed by atoms with E-state index in [1.165, 1.54) is 0 Å². The van der Waals surface area contributed by atoms with Crippen LogP contribution < -0.4 is 10.6 Å². The molecule has 14 heavy (non-hydrogen) atoms. The van der Waals surface area contributed by atoms with Gasteiger partial charge in [-0.3, -0.25) is 9.59 Å². The molecule has 1 aliphatic rings. The molecule has 0 unspecified atom stereocenters. The highest BCUT2D eigenvalue weighted by atomic mass is 16.3. The molecule has 4 N–H and O–H groups in total. The fourth-order valence-corrected chi connectivity index (χ4v) is 1.34. The van der Waals surface area contributed by atoms with Gasteiger partial charge in [0.05, 0.1) is 0 Å². The summed E-state index contributed by atoms with van der Waals surface area (Å²) >= 11 is 0. The van der Waals surface area contributed by atoms with Crippen LogP contribution >= 0.6 is 0 Å². The summed E-state index contributed by atoms with van der Waals surface area (Å²) in [6.07, 6.45) is 0.423. The van der Waals surface area contributed by atoms with E-state index in [1.54, 1.807) is 0 Å². The van der Waals surface area contributed by atoms with Crippen LogP contribution in [0.25, 0.3) is 0 Å². The van der Waals surface area contributed by atoms with Crippen molar-refractivity contribution in [1.82, 2.24) is 10.6 Å². The van der Waals surface area contributed by atoms with Gasteiger partial charge in [0, 0.05) is 13.2 Å². The molecule has 1 heterocycles. The smallest absolute Gasteiger partial charge is 0.243 e. The minimum atomic E-state index is -0.651. The Morgan fingerprint density at radius 1 is 0.929 bits per heavy atom. The van der Waals surface area contributed by atoms with Crippen LogP contribution in [0.1, 0.15) is 12.8 Å². The number of hydrogen-bond acceptors (Lipinski definition) is 4. The largest absolute Gasteiger partial charge is 0.396 e. The highest BCUT2D eigenvalue weighted by Crippen LogP contribution is 2.03. The Kier molecular flexibility index (Phi) is 3.84. The third kappa shape index (κ3) is 2.43. The summed E-state index contributed by atoms with van der Waals surface area (Å²) in [6.45, 7) is -0.300. The summed E-state index contributed by atoms with van der Waals surface area (Å²) in [7, 11) is 0. The molecule has 6 heteroatoms. The molecule has 0 aliphatic carbocycles. The second-order valence-electron chi connectivity index (χ2n) is 3.15. The zero-order valence-corrected chi connectivity index (χ0v) is 7.69. The lowest BCUT2D eigenvalue weighted by Gasteiger charge is -2.28. The van der Waals surface area contributed by atoms with Gasteiger partial charge in [0.2, 0.25) is 11.8 Å². The summed E-state index contributed by atoms with van der Waals surface area (Å²) < 4.78 is 0. The summed E-state index contributed by atoms with van der Waals surface area (Å²) in [4.78, 5) is 22.6. The predicted molar refractivity (Wildman–Crippen MR) is 47.3 cm³/mol. The van der Waals surface area contributed by atoms with Crippen molar-refractivity contribution in [2.24, 2.45) is 0 Å². The Balaban J connectivity index is 2.53. The van der Waals surface area contributed by atoms with Gasteiger partial charge in [-0.05, 0) is 12.8 Å². The van der Waals surface area contributed by atoms with Crippen molar-refractivity contribution in [3.05, 3.63) is 0 Å². The number of piperazine rings is 1. The van der Waals surface area contributed by atoms with Crippen molar-refractivity contribution < 1.29 is 19.8 Å². The molecular weight excluding hydrogens is 188 g/mol.